The van der Waals surface area contributed by atoms with E-state index in [9.17, 15) is 4.79 Å². The Balaban J connectivity index is 0.00000196. The molecule has 0 heterocycles. The van der Waals surface area contributed by atoms with Crippen LogP contribution in [0.4, 0.5) is 0 Å². The number of carbonyl (C=O) groups is 1. The van der Waals surface area contributed by atoms with Gasteiger partial charge in [-0.3, -0.25) is 4.79 Å². The zero-order valence-corrected chi connectivity index (χ0v) is 10.4. The molecule has 0 bridgehead atoms. The molecule has 0 aliphatic heterocycles. The van der Waals surface area contributed by atoms with Gasteiger partial charge in [-0.15, -0.1) is 12.4 Å². The third-order valence-corrected chi connectivity index (χ3v) is 2.26. The van der Waals surface area contributed by atoms with Gasteiger partial charge in [-0.25, -0.2) is 0 Å². The van der Waals surface area contributed by atoms with Crippen molar-refractivity contribution in [3.63, 3.8) is 0 Å². The molecule has 0 saturated heterocycles. The molecule has 0 atom stereocenters. The first-order chi connectivity index (χ1) is 6.61. The first-order valence-corrected chi connectivity index (χ1v) is 4.91. The number of halogens is 2. The highest BCUT2D eigenvalue weighted by Crippen LogP contribution is 2.12. The Hall–Kier alpha value is -0.570. The molecule has 0 spiro atoms. The maximum atomic E-state index is 11.1. The van der Waals surface area contributed by atoms with Gasteiger partial charge in [-0.1, -0.05) is 18.2 Å². The molecule has 15 heavy (non-hydrogen) atoms. The zero-order valence-electron chi connectivity index (χ0n) is 8.87. The molecule has 0 aliphatic rings. The molecule has 0 amide bonds. The molecule has 0 aromatic heterocycles. The largest absolute Gasteiger partial charge is 0.309 e. The number of hydrogen-bond donors (Lipinski definition) is 0. The number of carbonyl (C=O) groups excluding carboxylic acids is 1. The summed E-state index contributed by atoms with van der Waals surface area (Å²) in [5.41, 5.74) is 1.64. The summed E-state index contributed by atoms with van der Waals surface area (Å²) >= 11 is 5.47. The van der Waals surface area contributed by atoms with Gasteiger partial charge in [0.1, 0.15) is 0 Å². The molecule has 1 rings (SSSR count). The van der Waals surface area contributed by atoms with Gasteiger partial charge in [0, 0.05) is 12.1 Å². The van der Waals surface area contributed by atoms with Gasteiger partial charge in [-0.2, -0.15) is 0 Å². The van der Waals surface area contributed by atoms with Crippen LogP contribution in [0.15, 0.2) is 24.3 Å². The van der Waals surface area contributed by atoms with Crippen molar-refractivity contribution >= 4 is 29.3 Å². The van der Waals surface area contributed by atoms with Gasteiger partial charge in [-0.05, 0) is 43.7 Å². The van der Waals surface area contributed by atoms with E-state index in [-0.39, 0.29) is 17.6 Å². The van der Waals surface area contributed by atoms with E-state index in [4.69, 9.17) is 11.6 Å². The van der Waals surface area contributed by atoms with Crippen LogP contribution in [0.1, 0.15) is 15.9 Å². The fraction of sp³-hybridized carbons (Fsp3) is 0.364. The molecule has 1 aromatic carbocycles. The average Bonchev–Trinajstić information content (AvgIpc) is 2.15. The molecule has 1 aromatic rings. The first-order valence-electron chi connectivity index (χ1n) is 4.53. The molecule has 0 aliphatic carbocycles. The summed E-state index contributed by atoms with van der Waals surface area (Å²) in [6.45, 7) is 0.918. The van der Waals surface area contributed by atoms with E-state index < -0.39 is 0 Å². The quantitative estimate of drug-likeness (QED) is 0.763. The van der Waals surface area contributed by atoms with Crippen molar-refractivity contribution in [3.05, 3.63) is 35.4 Å². The molecule has 0 saturated carbocycles. The minimum atomic E-state index is -0.376. The number of hydrogen-bond acceptors (Lipinski definition) is 2. The van der Waals surface area contributed by atoms with E-state index in [1.165, 1.54) is 0 Å². The van der Waals surface area contributed by atoms with Gasteiger partial charge in [0.15, 0.2) is 0 Å². The van der Waals surface area contributed by atoms with Gasteiger partial charge in [0.25, 0.3) is 5.24 Å². The van der Waals surface area contributed by atoms with Crippen LogP contribution in [0.5, 0.6) is 0 Å². The summed E-state index contributed by atoms with van der Waals surface area (Å²) in [6, 6.07) is 7.46. The van der Waals surface area contributed by atoms with E-state index in [2.05, 4.69) is 4.90 Å². The molecule has 0 N–H and O–H groups in total. The highest BCUT2D eigenvalue weighted by atomic mass is 35.5. The summed E-state index contributed by atoms with van der Waals surface area (Å²) in [4.78, 5) is 13.1. The van der Waals surface area contributed by atoms with Crippen LogP contribution in [-0.4, -0.2) is 30.8 Å². The Morgan fingerprint density at radius 3 is 2.47 bits per heavy atom. The smallest absolute Gasteiger partial charge is 0.252 e. The minimum Gasteiger partial charge on any atom is -0.309 e. The van der Waals surface area contributed by atoms with Crippen LogP contribution >= 0.6 is 24.0 Å². The number of nitrogens with zero attached hydrogens (tertiary/aromatic N) is 1. The fourth-order valence-corrected chi connectivity index (χ4v) is 1.46. The third-order valence-electron chi connectivity index (χ3n) is 2.06. The highest BCUT2D eigenvalue weighted by molar-refractivity contribution is 6.67. The molecule has 4 heteroatoms. The van der Waals surface area contributed by atoms with Crippen molar-refractivity contribution < 1.29 is 4.79 Å². The Bertz CT molecular complexity index is 326. The maximum Gasteiger partial charge on any atom is 0.252 e. The SMILES string of the molecule is CN(C)CCc1ccccc1C(=O)Cl.Cl. The lowest BCUT2D eigenvalue weighted by molar-refractivity contribution is 0.108. The summed E-state index contributed by atoms with van der Waals surface area (Å²) < 4.78 is 0. The van der Waals surface area contributed by atoms with Gasteiger partial charge >= 0.3 is 0 Å². The second-order valence-electron chi connectivity index (χ2n) is 3.48. The summed E-state index contributed by atoms with van der Waals surface area (Å²) in [7, 11) is 4.01. The Kier molecular flexibility index (Phi) is 6.57. The van der Waals surface area contributed by atoms with Crippen molar-refractivity contribution in [1.82, 2.24) is 4.90 Å². The highest BCUT2D eigenvalue weighted by Gasteiger charge is 2.07. The first kappa shape index (κ1) is 14.4. The number of likely N-dealkylation sites (N-methyl/N-ethyl adjacent to an activating group) is 1. The molecular formula is C11H15Cl2NO. The maximum absolute atomic E-state index is 11.1. The predicted molar refractivity (Wildman–Crippen MR) is 66.1 cm³/mol. The standard InChI is InChI=1S/C11H14ClNO.ClH/c1-13(2)8-7-9-5-3-4-6-10(9)11(12)14;/h3-6H,7-8H2,1-2H3;1H. The van der Waals surface area contributed by atoms with Crippen LogP contribution in [0.2, 0.25) is 0 Å². The van der Waals surface area contributed by atoms with E-state index in [1.54, 1.807) is 6.07 Å². The van der Waals surface area contributed by atoms with Crippen LogP contribution in [-0.2, 0) is 6.42 Å². The molecule has 0 fully saturated rings. The third kappa shape index (κ3) is 4.65. The lowest BCUT2D eigenvalue weighted by atomic mass is 10.1. The van der Waals surface area contributed by atoms with Gasteiger partial charge < -0.3 is 4.90 Å². The van der Waals surface area contributed by atoms with Gasteiger partial charge in [0.2, 0.25) is 0 Å². The average molecular weight is 248 g/mol. The Morgan fingerprint density at radius 2 is 1.93 bits per heavy atom. The van der Waals surface area contributed by atoms with Crippen LogP contribution in [0, 0.1) is 0 Å². The van der Waals surface area contributed by atoms with Crippen LogP contribution < -0.4 is 0 Å². The van der Waals surface area contributed by atoms with E-state index in [1.807, 2.05) is 32.3 Å². The summed E-state index contributed by atoms with van der Waals surface area (Å²) in [5, 5.41) is -0.376. The van der Waals surface area contributed by atoms with Crippen molar-refractivity contribution in [2.24, 2.45) is 0 Å². The van der Waals surface area contributed by atoms with E-state index >= 15 is 0 Å². The lowest BCUT2D eigenvalue weighted by Crippen LogP contribution is -2.16. The number of rotatable bonds is 4. The molecule has 2 nitrogen and oxygen atoms in total. The fourth-order valence-electron chi connectivity index (χ4n) is 1.27. The van der Waals surface area contributed by atoms with E-state index in [0.717, 1.165) is 18.5 Å². The predicted octanol–water partition coefficient (Wildman–Crippen LogP) is 2.59. The Labute approximate surface area is 102 Å². The van der Waals surface area contributed by atoms with Crippen molar-refractivity contribution in [1.29, 1.82) is 0 Å². The van der Waals surface area contributed by atoms with Gasteiger partial charge in [0.05, 0.1) is 0 Å². The molecule has 0 unspecified atom stereocenters. The minimum absolute atomic E-state index is 0. The van der Waals surface area contributed by atoms with Crippen molar-refractivity contribution in [2.75, 3.05) is 20.6 Å². The normalized spacial score (nSPS) is 9.87. The summed E-state index contributed by atoms with van der Waals surface area (Å²) in [6.07, 6.45) is 0.849. The second-order valence-corrected chi connectivity index (χ2v) is 3.83. The van der Waals surface area contributed by atoms with Crippen LogP contribution in [0.3, 0.4) is 0 Å². The molecule has 0 radical (unpaired) electrons. The second kappa shape index (κ2) is 6.83. The summed E-state index contributed by atoms with van der Waals surface area (Å²) in [5.74, 6) is 0. The monoisotopic (exact) mass is 247 g/mol. The molecule has 84 valence electrons. The number of benzene rings is 1. The molecular weight excluding hydrogens is 233 g/mol. The zero-order chi connectivity index (χ0) is 10.6. The van der Waals surface area contributed by atoms with Crippen LogP contribution in [0.25, 0.3) is 0 Å². The van der Waals surface area contributed by atoms with Crippen molar-refractivity contribution in [3.8, 4) is 0 Å². The lowest BCUT2D eigenvalue weighted by Gasteiger charge is -2.10. The topological polar surface area (TPSA) is 20.3 Å². The van der Waals surface area contributed by atoms with Crippen molar-refractivity contribution in [2.45, 2.75) is 6.42 Å². The Morgan fingerprint density at radius 1 is 1.33 bits per heavy atom. The van der Waals surface area contributed by atoms with E-state index in [0.29, 0.717) is 5.56 Å².